The van der Waals surface area contributed by atoms with E-state index in [2.05, 4.69) is 5.43 Å². The molecule has 1 heterocycles. The second-order valence-electron chi connectivity index (χ2n) is 7.13. The molecule has 154 valence electrons. The summed E-state index contributed by atoms with van der Waals surface area (Å²) in [5.74, 6) is -1.66. The molecular formula is C21H23Cl2N3O3. The van der Waals surface area contributed by atoms with Gasteiger partial charge < -0.3 is 10.8 Å². The van der Waals surface area contributed by atoms with Gasteiger partial charge in [-0.15, -0.1) is 0 Å². The molecule has 6 nitrogen and oxygen atoms in total. The minimum atomic E-state index is -1.04. The Balaban J connectivity index is 2.08. The van der Waals surface area contributed by atoms with Gasteiger partial charge in [0.2, 0.25) is 5.91 Å². The summed E-state index contributed by atoms with van der Waals surface area (Å²) in [5.41, 5.74) is 11.6. The van der Waals surface area contributed by atoms with Crippen molar-refractivity contribution in [2.45, 2.75) is 38.1 Å². The van der Waals surface area contributed by atoms with Crippen LogP contribution in [0.2, 0.25) is 10.0 Å². The quantitative estimate of drug-likeness (QED) is 0.642. The van der Waals surface area contributed by atoms with Crippen molar-refractivity contribution >= 4 is 40.8 Å². The van der Waals surface area contributed by atoms with E-state index in [1.165, 1.54) is 17.5 Å². The maximum Gasteiger partial charge on any atom is 0.328 e. The number of anilines is 1. The van der Waals surface area contributed by atoms with Crippen molar-refractivity contribution in [1.29, 1.82) is 0 Å². The van der Waals surface area contributed by atoms with Gasteiger partial charge in [-0.05, 0) is 49.1 Å². The van der Waals surface area contributed by atoms with Gasteiger partial charge in [0.1, 0.15) is 6.04 Å². The minimum Gasteiger partial charge on any atom is -0.480 e. The number of carboxylic acids is 1. The molecule has 1 aliphatic heterocycles. The lowest BCUT2D eigenvalue weighted by atomic mass is 9.81. The molecule has 2 aromatic carbocycles. The Labute approximate surface area is 179 Å². The van der Waals surface area contributed by atoms with Gasteiger partial charge in [-0.3, -0.25) is 15.2 Å². The second kappa shape index (κ2) is 9.03. The number of aliphatic carboxylic acids is 1. The summed E-state index contributed by atoms with van der Waals surface area (Å²) < 4.78 is 0. The second-order valence-corrected chi connectivity index (χ2v) is 7.98. The number of nitrogens with zero attached hydrogens (tertiary/aromatic N) is 1. The van der Waals surface area contributed by atoms with Crippen LogP contribution in [0.1, 0.15) is 42.4 Å². The first-order valence-corrected chi connectivity index (χ1v) is 10.1. The maximum absolute atomic E-state index is 12.0. The zero-order valence-corrected chi connectivity index (χ0v) is 17.5. The third-order valence-electron chi connectivity index (χ3n) is 5.07. The van der Waals surface area contributed by atoms with Crippen LogP contribution in [0.5, 0.6) is 0 Å². The molecule has 0 radical (unpaired) electrons. The first-order chi connectivity index (χ1) is 13.8. The highest BCUT2D eigenvalue weighted by molar-refractivity contribution is 6.35. The number of aryl methyl sites for hydroxylation is 1. The zero-order valence-electron chi connectivity index (χ0n) is 16.0. The number of amides is 1. The topological polar surface area (TPSA) is 95.7 Å². The summed E-state index contributed by atoms with van der Waals surface area (Å²) >= 11 is 12.7. The average Bonchev–Trinajstić information content (AvgIpc) is 2.66. The van der Waals surface area contributed by atoms with Gasteiger partial charge in [0.05, 0.1) is 5.69 Å². The van der Waals surface area contributed by atoms with E-state index in [-0.39, 0.29) is 18.2 Å². The number of hydrazine groups is 1. The van der Waals surface area contributed by atoms with Crippen molar-refractivity contribution in [3.05, 3.63) is 63.1 Å². The Kier molecular flexibility index (Phi) is 6.67. The number of benzene rings is 2. The largest absolute Gasteiger partial charge is 0.480 e. The molecule has 29 heavy (non-hydrogen) atoms. The van der Waals surface area contributed by atoms with E-state index in [4.69, 9.17) is 28.9 Å². The lowest BCUT2D eigenvalue weighted by Crippen LogP contribution is -2.54. The molecule has 0 aromatic heterocycles. The molecule has 0 unspecified atom stereocenters. The minimum absolute atomic E-state index is 0.246. The van der Waals surface area contributed by atoms with Gasteiger partial charge in [-0.1, -0.05) is 47.5 Å². The first kappa shape index (κ1) is 21.4. The fourth-order valence-electron chi connectivity index (χ4n) is 3.77. The van der Waals surface area contributed by atoms with Crippen molar-refractivity contribution in [2.75, 3.05) is 11.6 Å². The van der Waals surface area contributed by atoms with Gasteiger partial charge in [0, 0.05) is 28.5 Å². The van der Waals surface area contributed by atoms with Crippen molar-refractivity contribution in [1.82, 2.24) is 5.43 Å². The van der Waals surface area contributed by atoms with E-state index in [1.807, 2.05) is 24.3 Å². The number of rotatable bonds is 6. The van der Waals surface area contributed by atoms with E-state index < -0.39 is 12.0 Å². The summed E-state index contributed by atoms with van der Waals surface area (Å²) in [4.78, 5) is 23.7. The summed E-state index contributed by atoms with van der Waals surface area (Å²) in [6.45, 7) is 1.96. The summed E-state index contributed by atoms with van der Waals surface area (Å²) in [5, 5.41) is 12.0. The molecule has 0 fully saturated rings. The van der Waals surface area contributed by atoms with Crippen LogP contribution in [-0.4, -0.2) is 29.6 Å². The van der Waals surface area contributed by atoms with Crippen molar-refractivity contribution in [3.8, 4) is 0 Å². The van der Waals surface area contributed by atoms with E-state index >= 15 is 0 Å². The molecule has 3 rings (SSSR count). The molecule has 0 spiro atoms. The maximum atomic E-state index is 12.0. The Morgan fingerprint density at radius 3 is 2.52 bits per heavy atom. The highest BCUT2D eigenvalue weighted by Crippen LogP contribution is 2.46. The fraction of sp³-hybridized carbons (Fsp3) is 0.333. The van der Waals surface area contributed by atoms with Crippen LogP contribution in [-0.2, 0) is 16.0 Å². The number of halogens is 2. The van der Waals surface area contributed by atoms with Crippen LogP contribution in [0.4, 0.5) is 5.69 Å². The molecular weight excluding hydrogens is 413 g/mol. The van der Waals surface area contributed by atoms with E-state index in [9.17, 15) is 14.7 Å². The molecule has 2 aromatic rings. The predicted molar refractivity (Wildman–Crippen MR) is 114 cm³/mol. The molecule has 0 saturated heterocycles. The van der Waals surface area contributed by atoms with Crippen LogP contribution in [0.15, 0.2) is 36.4 Å². The molecule has 1 amide bonds. The van der Waals surface area contributed by atoms with Gasteiger partial charge in [-0.2, -0.15) is 0 Å². The summed E-state index contributed by atoms with van der Waals surface area (Å²) in [7, 11) is 0. The summed E-state index contributed by atoms with van der Waals surface area (Å²) in [6, 6.07) is 10.4. The number of fused-ring (bicyclic) bond motifs is 1. The standard InChI is InChI=1S/C21H23Cl2N3O3/c1-12(27)25-26-18-10-15(22)9-17(23)20(18)16(11-19(26)21(28)29)14-6-4-13(5-7-14)3-2-8-24/h4-7,9-10,16,19H,2-3,8,11,24H2,1H3,(H,25,27)(H,28,29)/t16-,19-/m1/s1. The summed E-state index contributed by atoms with van der Waals surface area (Å²) in [6.07, 6.45) is 2.05. The number of carboxylic acid groups (broad SMARTS) is 1. The first-order valence-electron chi connectivity index (χ1n) is 9.39. The monoisotopic (exact) mass is 435 g/mol. The molecule has 8 heteroatoms. The predicted octanol–water partition coefficient (Wildman–Crippen LogP) is 3.73. The highest BCUT2D eigenvalue weighted by atomic mass is 35.5. The third-order valence-corrected chi connectivity index (χ3v) is 5.60. The lowest BCUT2D eigenvalue weighted by Gasteiger charge is -2.40. The lowest BCUT2D eigenvalue weighted by molar-refractivity contribution is -0.139. The third kappa shape index (κ3) is 4.66. The molecule has 1 aliphatic rings. The van der Waals surface area contributed by atoms with E-state index in [0.29, 0.717) is 22.3 Å². The number of hydrogen-bond donors (Lipinski definition) is 3. The van der Waals surface area contributed by atoms with Crippen LogP contribution >= 0.6 is 23.2 Å². The van der Waals surface area contributed by atoms with Crippen molar-refractivity contribution in [3.63, 3.8) is 0 Å². The molecule has 0 aliphatic carbocycles. The zero-order chi connectivity index (χ0) is 21.1. The molecule has 2 atom stereocenters. The van der Waals surface area contributed by atoms with Crippen LogP contribution in [0, 0.1) is 0 Å². The number of carbonyl (C=O) groups is 2. The normalized spacial score (nSPS) is 18.3. The molecule has 4 N–H and O–H groups in total. The van der Waals surface area contributed by atoms with E-state index in [0.717, 1.165) is 24.0 Å². The SMILES string of the molecule is CC(=O)NN1c2cc(Cl)cc(Cl)c2[C@@H](c2ccc(CCCN)cc2)C[C@@H]1C(=O)O. The number of carbonyl (C=O) groups excluding carboxylic acids is 1. The van der Waals surface area contributed by atoms with Crippen LogP contribution < -0.4 is 16.2 Å². The highest BCUT2D eigenvalue weighted by Gasteiger charge is 2.39. The van der Waals surface area contributed by atoms with E-state index in [1.54, 1.807) is 12.1 Å². The van der Waals surface area contributed by atoms with Crippen molar-refractivity contribution in [2.24, 2.45) is 5.73 Å². The van der Waals surface area contributed by atoms with Crippen LogP contribution in [0.3, 0.4) is 0 Å². The van der Waals surface area contributed by atoms with Gasteiger partial charge in [-0.25, -0.2) is 4.79 Å². The fourth-order valence-corrected chi connectivity index (χ4v) is 4.39. The molecule has 0 saturated carbocycles. The smallest absolute Gasteiger partial charge is 0.328 e. The van der Waals surface area contributed by atoms with Crippen molar-refractivity contribution < 1.29 is 14.7 Å². The van der Waals surface area contributed by atoms with Gasteiger partial charge in [0.15, 0.2) is 0 Å². The average molecular weight is 436 g/mol. The number of nitrogens with one attached hydrogen (secondary N) is 1. The van der Waals surface area contributed by atoms with Gasteiger partial charge >= 0.3 is 5.97 Å². The Bertz CT molecular complexity index is 918. The van der Waals surface area contributed by atoms with Gasteiger partial charge in [0.25, 0.3) is 0 Å². The Morgan fingerprint density at radius 1 is 1.24 bits per heavy atom. The van der Waals surface area contributed by atoms with Crippen LogP contribution in [0.25, 0.3) is 0 Å². The number of nitrogens with two attached hydrogens (primary N) is 1. The Morgan fingerprint density at radius 2 is 1.93 bits per heavy atom. The molecule has 0 bridgehead atoms. The number of hydrogen-bond acceptors (Lipinski definition) is 4. The Hall–Kier alpha value is -2.28.